The number of ether oxygens (including phenoxy) is 1. The van der Waals surface area contributed by atoms with Gasteiger partial charge in [0.25, 0.3) is 0 Å². The van der Waals surface area contributed by atoms with Crippen LogP contribution >= 0.6 is 0 Å². The molecular formula is C17H22N2O. The topological polar surface area (TPSA) is 34.1 Å². The van der Waals surface area contributed by atoms with E-state index in [2.05, 4.69) is 36.3 Å². The van der Waals surface area contributed by atoms with E-state index in [4.69, 9.17) is 4.74 Å². The van der Waals surface area contributed by atoms with Crippen molar-refractivity contribution < 1.29 is 4.74 Å². The van der Waals surface area contributed by atoms with E-state index < -0.39 is 0 Å². The van der Waals surface area contributed by atoms with Gasteiger partial charge in [0.1, 0.15) is 11.9 Å². The monoisotopic (exact) mass is 270 g/mol. The second-order valence-corrected chi connectivity index (χ2v) is 4.93. The second kappa shape index (κ2) is 6.94. The molecule has 0 amide bonds. The van der Waals surface area contributed by atoms with Crippen LogP contribution in [0.2, 0.25) is 0 Å². The highest BCUT2D eigenvalue weighted by molar-refractivity contribution is 5.42. The van der Waals surface area contributed by atoms with E-state index in [9.17, 15) is 0 Å². The van der Waals surface area contributed by atoms with Crippen LogP contribution in [0.5, 0.6) is 5.75 Å². The van der Waals surface area contributed by atoms with Crippen molar-refractivity contribution in [1.29, 1.82) is 0 Å². The van der Waals surface area contributed by atoms with Gasteiger partial charge in [-0.25, -0.2) is 0 Å². The molecule has 0 aliphatic rings. The van der Waals surface area contributed by atoms with E-state index in [0.29, 0.717) is 0 Å². The van der Waals surface area contributed by atoms with Crippen molar-refractivity contribution in [2.75, 3.05) is 11.9 Å². The first-order chi connectivity index (χ1) is 9.69. The summed E-state index contributed by atoms with van der Waals surface area (Å²) in [6.45, 7) is 6.93. The van der Waals surface area contributed by atoms with E-state index in [1.54, 1.807) is 0 Å². The average Bonchev–Trinajstić information content (AvgIpc) is 2.48. The Morgan fingerprint density at radius 1 is 1.15 bits per heavy atom. The summed E-state index contributed by atoms with van der Waals surface area (Å²) in [4.78, 5) is 4.52. The molecule has 0 fully saturated rings. The van der Waals surface area contributed by atoms with Crippen LogP contribution < -0.4 is 10.1 Å². The largest absolute Gasteiger partial charge is 0.487 e. The van der Waals surface area contributed by atoms with Gasteiger partial charge in [0.2, 0.25) is 0 Å². The Bertz CT molecular complexity index is 540. The molecular weight excluding hydrogens is 248 g/mol. The van der Waals surface area contributed by atoms with Crippen LogP contribution in [0.1, 0.15) is 25.2 Å². The summed E-state index contributed by atoms with van der Waals surface area (Å²) in [7, 11) is 0. The number of aryl methyl sites for hydroxylation is 2. The maximum Gasteiger partial charge on any atom is 0.141 e. The van der Waals surface area contributed by atoms with Gasteiger partial charge in [-0.3, -0.25) is 4.98 Å². The molecule has 0 aliphatic carbocycles. The van der Waals surface area contributed by atoms with Gasteiger partial charge in [-0.1, -0.05) is 25.1 Å². The van der Waals surface area contributed by atoms with Crippen LogP contribution in [0.25, 0.3) is 0 Å². The zero-order valence-electron chi connectivity index (χ0n) is 12.4. The molecule has 2 rings (SSSR count). The molecule has 0 radical (unpaired) electrons. The van der Waals surface area contributed by atoms with Gasteiger partial charge in [0.15, 0.2) is 0 Å². The minimum atomic E-state index is 0.0880. The van der Waals surface area contributed by atoms with Crippen LogP contribution in [-0.4, -0.2) is 17.6 Å². The van der Waals surface area contributed by atoms with Gasteiger partial charge in [-0.15, -0.1) is 0 Å². The second-order valence-electron chi connectivity index (χ2n) is 4.93. The van der Waals surface area contributed by atoms with Crippen LogP contribution in [-0.2, 0) is 6.42 Å². The maximum absolute atomic E-state index is 5.99. The van der Waals surface area contributed by atoms with Crippen molar-refractivity contribution in [2.24, 2.45) is 0 Å². The van der Waals surface area contributed by atoms with E-state index in [0.717, 1.165) is 35.8 Å². The molecule has 1 unspecified atom stereocenters. The molecule has 2 aromatic rings. The molecule has 0 aliphatic heterocycles. The molecule has 1 aromatic carbocycles. The van der Waals surface area contributed by atoms with Crippen LogP contribution in [0.15, 0.2) is 42.5 Å². The van der Waals surface area contributed by atoms with Gasteiger partial charge in [-0.05, 0) is 44.5 Å². The fraction of sp³-hybridized carbons (Fsp3) is 0.353. The number of para-hydroxylation sites is 1. The number of rotatable bonds is 6. The highest BCUT2D eigenvalue weighted by atomic mass is 16.5. The molecule has 106 valence electrons. The summed E-state index contributed by atoms with van der Waals surface area (Å²) in [5, 5.41) is 3.37. The van der Waals surface area contributed by atoms with Crippen molar-refractivity contribution in [3.63, 3.8) is 0 Å². The first-order valence-corrected chi connectivity index (χ1v) is 7.11. The first-order valence-electron chi connectivity index (χ1n) is 7.11. The number of aromatic nitrogens is 1. The smallest absolute Gasteiger partial charge is 0.141 e. The lowest BCUT2D eigenvalue weighted by Gasteiger charge is -2.18. The number of pyridine rings is 1. The molecule has 1 N–H and O–H groups in total. The third-order valence-corrected chi connectivity index (χ3v) is 3.10. The summed E-state index contributed by atoms with van der Waals surface area (Å²) in [5.41, 5.74) is 3.17. The standard InChI is InChI=1S/C17H22N2O/c1-4-16-17(11-10-13(2)19-16)20-14(3)12-18-15-8-6-5-7-9-15/h5-11,14,18H,4,12H2,1-3H3. The van der Waals surface area contributed by atoms with E-state index in [1.165, 1.54) is 0 Å². The van der Waals surface area contributed by atoms with E-state index in [-0.39, 0.29) is 6.10 Å². The Morgan fingerprint density at radius 3 is 2.60 bits per heavy atom. The predicted molar refractivity (Wildman–Crippen MR) is 83.4 cm³/mol. The Labute approximate surface area is 121 Å². The molecule has 0 saturated carbocycles. The number of hydrogen-bond donors (Lipinski definition) is 1. The van der Waals surface area contributed by atoms with E-state index >= 15 is 0 Å². The number of benzene rings is 1. The van der Waals surface area contributed by atoms with Crippen molar-refractivity contribution in [3.8, 4) is 5.75 Å². The van der Waals surface area contributed by atoms with Crippen molar-refractivity contribution in [2.45, 2.75) is 33.3 Å². The fourth-order valence-corrected chi connectivity index (χ4v) is 2.03. The third-order valence-electron chi connectivity index (χ3n) is 3.10. The molecule has 3 nitrogen and oxygen atoms in total. The first kappa shape index (κ1) is 14.4. The zero-order chi connectivity index (χ0) is 14.4. The Morgan fingerprint density at radius 2 is 1.90 bits per heavy atom. The van der Waals surface area contributed by atoms with Crippen molar-refractivity contribution in [1.82, 2.24) is 4.98 Å². The van der Waals surface area contributed by atoms with Gasteiger partial charge < -0.3 is 10.1 Å². The molecule has 3 heteroatoms. The normalized spacial score (nSPS) is 11.9. The highest BCUT2D eigenvalue weighted by Crippen LogP contribution is 2.19. The minimum Gasteiger partial charge on any atom is -0.487 e. The molecule has 0 spiro atoms. The lowest BCUT2D eigenvalue weighted by Crippen LogP contribution is -2.23. The van der Waals surface area contributed by atoms with Gasteiger partial charge >= 0.3 is 0 Å². The lowest BCUT2D eigenvalue weighted by atomic mass is 10.2. The summed E-state index contributed by atoms with van der Waals surface area (Å²) in [6, 6.07) is 14.2. The van der Waals surface area contributed by atoms with Gasteiger partial charge in [-0.2, -0.15) is 0 Å². The van der Waals surface area contributed by atoms with E-state index in [1.807, 2.05) is 37.3 Å². The van der Waals surface area contributed by atoms with Crippen LogP contribution in [0.4, 0.5) is 5.69 Å². The third kappa shape index (κ3) is 3.98. The fourth-order valence-electron chi connectivity index (χ4n) is 2.03. The van der Waals surface area contributed by atoms with Crippen molar-refractivity contribution in [3.05, 3.63) is 53.9 Å². The highest BCUT2D eigenvalue weighted by Gasteiger charge is 2.08. The Hall–Kier alpha value is -2.03. The average molecular weight is 270 g/mol. The SMILES string of the molecule is CCc1nc(C)ccc1OC(C)CNc1ccccc1. The maximum atomic E-state index is 5.99. The van der Waals surface area contributed by atoms with Gasteiger partial charge in [0.05, 0.1) is 12.2 Å². The zero-order valence-corrected chi connectivity index (χ0v) is 12.4. The number of hydrogen-bond acceptors (Lipinski definition) is 3. The lowest BCUT2D eigenvalue weighted by molar-refractivity contribution is 0.231. The Balaban J connectivity index is 1.93. The number of anilines is 1. The summed E-state index contributed by atoms with van der Waals surface area (Å²) < 4.78 is 5.99. The summed E-state index contributed by atoms with van der Waals surface area (Å²) >= 11 is 0. The molecule has 1 atom stereocenters. The molecule has 1 heterocycles. The van der Waals surface area contributed by atoms with Gasteiger partial charge in [0, 0.05) is 11.4 Å². The van der Waals surface area contributed by atoms with Crippen LogP contribution in [0, 0.1) is 6.92 Å². The minimum absolute atomic E-state index is 0.0880. The number of nitrogens with one attached hydrogen (secondary N) is 1. The van der Waals surface area contributed by atoms with Crippen LogP contribution in [0.3, 0.4) is 0 Å². The molecule has 1 aromatic heterocycles. The quantitative estimate of drug-likeness (QED) is 0.866. The summed E-state index contributed by atoms with van der Waals surface area (Å²) in [5.74, 6) is 0.889. The molecule has 20 heavy (non-hydrogen) atoms. The number of nitrogens with zero attached hydrogens (tertiary/aromatic N) is 1. The molecule has 0 saturated heterocycles. The predicted octanol–water partition coefficient (Wildman–Crippen LogP) is 3.83. The Kier molecular flexibility index (Phi) is 4.99. The summed E-state index contributed by atoms with van der Waals surface area (Å²) in [6.07, 6.45) is 0.973. The molecule has 0 bridgehead atoms. The van der Waals surface area contributed by atoms with Crippen molar-refractivity contribution >= 4 is 5.69 Å².